The molecule has 2 heterocycles. The van der Waals surface area contributed by atoms with Gasteiger partial charge in [-0.3, -0.25) is 4.79 Å². The molecule has 1 aromatic heterocycles. The van der Waals surface area contributed by atoms with Crippen molar-refractivity contribution in [1.29, 1.82) is 0 Å². The monoisotopic (exact) mass is 177 g/mol. The summed E-state index contributed by atoms with van der Waals surface area (Å²) in [4.78, 5) is 14.9. The third-order valence-electron chi connectivity index (χ3n) is 2.26. The van der Waals surface area contributed by atoms with E-state index in [4.69, 9.17) is 5.73 Å². The molecule has 0 radical (unpaired) electrons. The number of nitrogen functional groups attached to an aromatic ring is 1. The van der Waals surface area contributed by atoms with Crippen LogP contribution in [0.25, 0.3) is 0 Å². The van der Waals surface area contributed by atoms with Gasteiger partial charge in [0.15, 0.2) is 0 Å². The minimum Gasteiger partial charge on any atom is -0.384 e. The number of nitrogens with two attached hydrogens (primary N) is 1. The molecule has 1 amide bonds. The number of rotatable bonds is 1. The van der Waals surface area contributed by atoms with E-state index in [1.807, 2.05) is 6.07 Å². The van der Waals surface area contributed by atoms with Gasteiger partial charge < -0.3 is 11.1 Å². The molecule has 4 heteroatoms. The lowest BCUT2D eigenvalue weighted by Gasteiger charge is -2.06. The number of hydrogen-bond acceptors (Lipinski definition) is 3. The summed E-state index contributed by atoms with van der Waals surface area (Å²) < 4.78 is 0. The minimum atomic E-state index is 0.113. The van der Waals surface area contributed by atoms with Crippen molar-refractivity contribution in [3.8, 4) is 0 Å². The summed E-state index contributed by atoms with van der Waals surface area (Å²) in [6.45, 7) is 0.713. The van der Waals surface area contributed by atoms with Crippen LogP contribution >= 0.6 is 0 Å². The van der Waals surface area contributed by atoms with Gasteiger partial charge in [-0.05, 0) is 11.6 Å². The summed E-state index contributed by atoms with van der Waals surface area (Å²) in [7, 11) is 0. The number of nitrogens with zero attached hydrogens (tertiary/aromatic N) is 1. The number of nitrogens with one attached hydrogen (secondary N) is 1. The number of pyridine rings is 1. The standard InChI is InChI=1S/C9H11N3O/c10-8-2-1-6(4-11-8)7-3-9(13)12-5-7/h1-2,4,7H,3,5H2,(H2,10,11)(H,12,13)/t7-/m1/s1. The topological polar surface area (TPSA) is 68.0 Å². The van der Waals surface area contributed by atoms with Crippen molar-refractivity contribution in [2.24, 2.45) is 0 Å². The van der Waals surface area contributed by atoms with Gasteiger partial charge in [0.2, 0.25) is 5.91 Å². The molecule has 0 saturated carbocycles. The highest BCUT2D eigenvalue weighted by molar-refractivity contribution is 5.79. The van der Waals surface area contributed by atoms with Crippen LogP contribution in [0.4, 0.5) is 5.82 Å². The van der Waals surface area contributed by atoms with Crippen LogP contribution in [0.15, 0.2) is 18.3 Å². The molecule has 0 bridgehead atoms. The van der Waals surface area contributed by atoms with Crippen molar-refractivity contribution in [2.45, 2.75) is 12.3 Å². The normalized spacial score (nSPS) is 21.5. The molecule has 1 aliphatic heterocycles. The number of hydrogen-bond donors (Lipinski definition) is 2. The predicted molar refractivity (Wildman–Crippen MR) is 49.0 cm³/mol. The SMILES string of the molecule is Nc1ccc([C@H]2CNC(=O)C2)cn1. The molecule has 0 aromatic carbocycles. The van der Waals surface area contributed by atoms with Crippen molar-refractivity contribution >= 4 is 11.7 Å². The highest BCUT2D eigenvalue weighted by atomic mass is 16.1. The minimum absolute atomic E-state index is 0.113. The Morgan fingerprint density at radius 2 is 2.38 bits per heavy atom. The zero-order valence-corrected chi connectivity index (χ0v) is 7.16. The number of anilines is 1. The highest BCUT2D eigenvalue weighted by Gasteiger charge is 2.22. The van der Waals surface area contributed by atoms with Crippen LogP contribution in [-0.4, -0.2) is 17.4 Å². The Hall–Kier alpha value is -1.58. The summed E-state index contributed by atoms with van der Waals surface area (Å²) in [6, 6.07) is 3.69. The summed E-state index contributed by atoms with van der Waals surface area (Å²) in [6.07, 6.45) is 2.30. The molecule has 1 saturated heterocycles. The largest absolute Gasteiger partial charge is 0.384 e. The number of carbonyl (C=O) groups excluding carboxylic acids is 1. The lowest BCUT2D eigenvalue weighted by molar-refractivity contribution is -0.119. The molecule has 0 spiro atoms. The first-order chi connectivity index (χ1) is 6.25. The van der Waals surface area contributed by atoms with E-state index in [2.05, 4.69) is 10.3 Å². The molecular formula is C9H11N3O. The number of amides is 1. The first-order valence-electron chi connectivity index (χ1n) is 4.24. The lowest BCUT2D eigenvalue weighted by Crippen LogP contribution is -2.13. The van der Waals surface area contributed by atoms with Gasteiger partial charge in [0.05, 0.1) is 0 Å². The molecule has 13 heavy (non-hydrogen) atoms. The van der Waals surface area contributed by atoms with E-state index in [1.54, 1.807) is 12.3 Å². The Morgan fingerprint density at radius 3 is 2.92 bits per heavy atom. The third-order valence-corrected chi connectivity index (χ3v) is 2.26. The van der Waals surface area contributed by atoms with Crippen LogP contribution in [0.5, 0.6) is 0 Å². The van der Waals surface area contributed by atoms with Crippen LogP contribution < -0.4 is 11.1 Å². The van der Waals surface area contributed by atoms with Gasteiger partial charge in [-0.15, -0.1) is 0 Å². The van der Waals surface area contributed by atoms with Crippen LogP contribution in [0.3, 0.4) is 0 Å². The fraction of sp³-hybridized carbons (Fsp3) is 0.333. The van der Waals surface area contributed by atoms with E-state index in [0.717, 1.165) is 5.56 Å². The highest BCUT2D eigenvalue weighted by Crippen LogP contribution is 2.22. The van der Waals surface area contributed by atoms with Gasteiger partial charge in [-0.25, -0.2) is 4.98 Å². The van der Waals surface area contributed by atoms with Gasteiger partial charge in [0.1, 0.15) is 5.82 Å². The second kappa shape index (κ2) is 3.05. The Morgan fingerprint density at radius 1 is 1.54 bits per heavy atom. The van der Waals surface area contributed by atoms with Crippen molar-refractivity contribution in [1.82, 2.24) is 10.3 Å². The zero-order valence-electron chi connectivity index (χ0n) is 7.16. The van der Waals surface area contributed by atoms with Gasteiger partial charge in [0.25, 0.3) is 0 Å². The summed E-state index contributed by atoms with van der Waals surface area (Å²) in [5, 5.41) is 2.78. The summed E-state index contributed by atoms with van der Waals surface area (Å²) in [5.74, 6) is 0.892. The van der Waals surface area contributed by atoms with Crippen molar-refractivity contribution < 1.29 is 4.79 Å². The van der Waals surface area contributed by atoms with E-state index in [9.17, 15) is 4.79 Å². The quantitative estimate of drug-likeness (QED) is 0.646. The van der Waals surface area contributed by atoms with E-state index < -0.39 is 0 Å². The molecule has 0 aliphatic carbocycles. The summed E-state index contributed by atoms with van der Waals surface area (Å²) >= 11 is 0. The van der Waals surface area contributed by atoms with Crippen LogP contribution in [-0.2, 0) is 4.79 Å². The Bertz CT molecular complexity index is 320. The van der Waals surface area contributed by atoms with Crippen molar-refractivity contribution in [3.05, 3.63) is 23.9 Å². The molecule has 3 N–H and O–H groups in total. The fourth-order valence-corrected chi connectivity index (χ4v) is 1.50. The van der Waals surface area contributed by atoms with Gasteiger partial charge >= 0.3 is 0 Å². The second-order valence-corrected chi connectivity index (χ2v) is 3.22. The molecule has 0 unspecified atom stereocenters. The lowest BCUT2D eigenvalue weighted by atomic mass is 10.0. The van der Waals surface area contributed by atoms with Gasteiger partial charge in [0, 0.05) is 25.1 Å². The van der Waals surface area contributed by atoms with Crippen LogP contribution in [0.2, 0.25) is 0 Å². The van der Waals surface area contributed by atoms with Gasteiger partial charge in [-0.1, -0.05) is 6.07 Å². The zero-order chi connectivity index (χ0) is 9.26. The maximum Gasteiger partial charge on any atom is 0.220 e. The average molecular weight is 177 g/mol. The van der Waals surface area contributed by atoms with E-state index in [0.29, 0.717) is 18.8 Å². The molecule has 4 nitrogen and oxygen atoms in total. The predicted octanol–water partition coefficient (Wildman–Crippen LogP) is 0.267. The third kappa shape index (κ3) is 1.61. The first-order valence-corrected chi connectivity index (χ1v) is 4.24. The maximum atomic E-state index is 10.9. The van der Waals surface area contributed by atoms with Crippen LogP contribution in [0, 0.1) is 0 Å². The second-order valence-electron chi connectivity index (χ2n) is 3.22. The molecular weight excluding hydrogens is 166 g/mol. The Kier molecular flexibility index (Phi) is 1.88. The van der Waals surface area contributed by atoms with Gasteiger partial charge in [-0.2, -0.15) is 0 Å². The summed E-state index contributed by atoms with van der Waals surface area (Å²) in [5.41, 5.74) is 6.54. The Labute approximate surface area is 76.2 Å². The smallest absolute Gasteiger partial charge is 0.220 e. The average Bonchev–Trinajstić information content (AvgIpc) is 2.53. The molecule has 1 aliphatic rings. The molecule has 68 valence electrons. The number of carbonyl (C=O) groups is 1. The van der Waals surface area contributed by atoms with E-state index >= 15 is 0 Å². The van der Waals surface area contributed by atoms with Crippen molar-refractivity contribution in [3.63, 3.8) is 0 Å². The van der Waals surface area contributed by atoms with Crippen molar-refractivity contribution in [2.75, 3.05) is 12.3 Å². The molecule has 1 aromatic rings. The first kappa shape index (κ1) is 8.04. The fourth-order valence-electron chi connectivity index (χ4n) is 1.50. The molecule has 1 fully saturated rings. The van der Waals surface area contributed by atoms with Crippen LogP contribution in [0.1, 0.15) is 17.9 Å². The molecule has 2 rings (SSSR count). The molecule has 1 atom stereocenters. The Balaban J connectivity index is 2.17. The maximum absolute atomic E-state index is 10.9. The van der Waals surface area contributed by atoms with E-state index in [-0.39, 0.29) is 11.8 Å². The number of aromatic nitrogens is 1. The van der Waals surface area contributed by atoms with E-state index in [1.165, 1.54) is 0 Å².